The highest BCUT2D eigenvalue weighted by Gasteiger charge is 2.25. The first-order chi connectivity index (χ1) is 9.16. The molecule has 100 valence electrons. The Morgan fingerprint density at radius 2 is 2.26 bits per heavy atom. The van der Waals surface area contributed by atoms with Crippen LogP contribution >= 0.6 is 15.9 Å². The minimum atomic E-state index is 0.431. The van der Waals surface area contributed by atoms with Crippen LogP contribution in [-0.4, -0.2) is 16.3 Å². The minimum Gasteiger partial charge on any atom is -0.309 e. The van der Waals surface area contributed by atoms with Gasteiger partial charge in [-0.05, 0) is 44.0 Å². The van der Waals surface area contributed by atoms with Crippen molar-refractivity contribution in [1.82, 2.24) is 15.1 Å². The molecule has 19 heavy (non-hydrogen) atoms. The lowest BCUT2D eigenvalue weighted by Crippen LogP contribution is -2.17. The topological polar surface area (TPSA) is 29.9 Å². The average molecular weight is 320 g/mol. The molecule has 1 aromatic heterocycles. The molecule has 1 aromatic carbocycles. The maximum atomic E-state index is 4.62. The smallest absolute Gasteiger partial charge is 0.0675 e. The molecule has 0 spiro atoms. The van der Waals surface area contributed by atoms with Crippen LogP contribution < -0.4 is 5.32 Å². The molecule has 0 radical (unpaired) electrons. The number of nitrogens with zero attached hydrogens (tertiary/aromatic N) is 2. The summed E-state index contributed by atoms with van der Waals surface area (Å²) in [6.45, 7) is 3.20. The summed E-state index contributed by atoms with van der Waals surface area (Å²) in [6.07, 6.45) is 2.44. The predicted octanol–water partition coefficient (Wildman–Crippen LogP) is 3.58. The number of aromatic nitrogens is 2. The highest BCUT2D eigenvalue weighted by Crippen LogP contribution is 2.35. The van der Waals surface area contributed by atoms with Crippen molar-refractivity contribution in [1.29, 1.82) is 0 Å². The standard InChI is InChI=1S/C15H18BrN3/c1-10-14(11-5-3-6-12(16)9-11)15(19(2)18-10)13-7-4-8-17-13/h3,5-6,9,13,17H,4,7-8H2,1-2H3. The summed E-state index contributed by atoms with van der Waals surface area (Å²) >= 11 is 3.56. The molecule has 1 aliphatic heterocycles. The third kappa shape index (κ3) is 2.35. The van der Waals surface area contributed by atoms with Crippen LogP contribution in [-0.2, 0) is 7.05 Å². The maximum Gasteiger partial charge on any atom is 0.0675 e. The van der Waals surface area contributed by atoms with Crippen LogP contribution in [0.2, 0.25) is 0 Å². The average Bonchev–Trinajstić information content (AvgIpc) is 2.96. The Balaban J connectivity index is 2.14. The molecule has 2 aromatic rings. The first kappa shape index (κ1) is 12.9. The normalized spacial score (nSPS) is 19.0. The Bertz CT molecular complexity index is 597. The van der Waals surface area contributed by atoms with Crippen LogP contribution in [0.1, 0.15) is 30.3 Å². The maximum absolute atomic E-state index is 4.62. The van der Waals surface area contributed by atoms with Crippen molar-refractivity contribution < 1.29 is 0 Å². The number of nitrogens with one attached hydrogen (secondary N) is 1. The molecule has 4 heteroatoms. The number of hydrogen-bond donors (Lipinski definition) is 1. The number of halogens is 1. The molecule has 0 saturated carbocycles. The molecule has 2 heterocycles. The zero-order valence-electron chi connectivity index (χ0n) is 11.3. The number of hydrogen-bond acceptors (Lipinski definition) is 2. The van der Waals surface area contributed by atoms with Crippen molar-refractivity contribution in [2.24, 2.45) is 7.05 Å². The number of benzene rings is 1. The summed E-state index contributed by atoms with van der Waals surface area (Å²) in [6, 6.07) is 8.90. The van der Waals surface area contributed by atoms with E-state index in [1.165, 1.54) is 29.7 Å². The Morgan fingerprint density at radius 1 is 1.42 bits per heavy atom. The summed E-state index contributed by atoms with van der Waals surface area (Å²) in [5.74, 6) is 0. The Kier molecular flexibility index (Phi) is 3.46. The van der Waals surface area contributed by atoms with E-state index in [9.17, 15) is 0 Å². The fourth-order valence-corrected chi connectivity index (χ4v) is 3.39. The van der Waals surface area contributed by atoms with E-state index in [0.717, 1.165) is 16.7 Å². The Hall–Kier alpha value is -1.13. The number of rotatable bonds is 2. The van der Waals surface area contributed by atoms with Crippen molar-refractivity contribution in [3.8, 4) is 11.1 Å². The van der Waals surface area contributed by atoms with Gasteiger partial charge in [0.05, 0.1) is 11.4 Å². The van der Waals surface area contributed by atoms with Gasteiger partial charge in [0.1, 0.15) is 0 Å². The first-order valence-corrected chi connectivity index (χ1v) is 7.49. The SMILES string of the molecule is Cc1nn(C)c(C2CCCN2)c1-c1cccc(Br)c1. The first-order valence-electron chi connectivity index (χ1n) is 6.69. The fourth-order valence-electron chi connectivity index (χ4n) is 2.99. The van der Waals surface area contributed by atoms with Crippen LogP contribution in [0.25, 0.3) is 11.1 Å². The van der Waals surface area contributed by atoms with Gasteiger partial charge in [-0.1, -0.05) is 28.1 Å². The molecule has 1 atom stereocenters. The van der Waals surface area contributed by atoms with E-state index >= 15 is 0 Å². The van der Waals surface area contributed by atoms with Crippen molar-refractivity contribution in [2.45, 2.75) is 25.8 Å². The Morgan fingerprint density at radius 3 is 2.95 bits per heavy atom. The van der Waals surface area contributed by atoms with E-state index < -0.39 is 0 Å². The van der Waals surface area contributed by atoms with Crippen LogP contribution in [0.3, 0.4) is 0 Å². The van der Waals surface area contributed by atoms with Gasteiger partial charge in [0.25, 0.3) is 0 Å². The van der Waals surface area contributed by atoms with Crippen molar-refractivity contribution in [3.05, 3.63) is 40.1 Å². The van der Waals surface area contributed by atoms with Gasteiger partial charge < -0.3 is 5.32 Å². The molecule has 1 fully saturated rings. The van der Waals surface area contributed by atoms with Gasteiger partial charge >= 0.3 is 0 Å². The third-order valence-electron chi connectivity index (χ3n) is 3.77. The second-order valence-electron chi connectivity index (χ2n) is 5.13. The van der Waals surface area contributed by atoms with Gasteiger partial charge in [-0.25, -0.2) is 0 Å². The third-order valence-corrected chi connectivity index (χ3v) is 4.26. The molecule has 1 aliphatic rings. The minimum absolute atomic E-state index is 0.431. The van der Waals surface area contributed by atoms with Gasteiger partial charge in [-0.3, -0.25) is 4.68 Å². The fraction of sp³-hybridized carbons (Fsp3) is 0.400. The van der Waals surface area contributed by atoms with E-state index in [4.69, 9.17) is 0 Å². The second kappa shape index (κ2) is 5.10. The summed E-state index contributed by atoms with van der Waals surface area (Å²) in [4.78, 5) is 0. The molecular weight excluding hydrogens is 302 g/mol. The van der Waals surface area contributed by atoms with Crippen LogP contribution in [0.15, 0.2) is 28.7 Å². The van der Waals surface area contributed by atoms with E-state index in [1.54, 1.807) is 0 Å². The molecule has 0 aliphatic carbocycles. The molecule has 1 unspecified atom stereocenters. The van der Waals surface area contributed by atoms with Crippen LogP contribution in [0.4, 0.5) is 0 Å². The Labute approximate surface area is 122 Å². The lowest BCUT2D eigenvalue weighted by atomic mass is 9.99. The molecule has 3 rings (SSSR count). The summed E-state index contributed by atoms with van der Waals surface area (Å²) < 4.78 is 3.15. The highest BCUT2D eigenvalue weighted by molar-refractivity contribution is 9.10. The van der Waals surface area contributed by atoms with Gasteiger partial charge in [0, 0.05) is 23.1 Å². The van der Waals surface area contributed by atoms with E-state index in [0.29, 0.717) is 6.04 Å². The van der Waals surface area contributed by atoms with E-state index in [-0.39, 0.29) is 0 Å². The quantitative estimate of drug-likeness (QED) is 0.916. The van der Waals surface area contributed by atoms with Gasteiger partial charge in [-0.2, -0.15) is 5.10 Å². The van der Waals surface area contributed by atoms with Crippen molar-refractivity contribution in [2.75, 3.05) is 6.54 Å². The molecule has 1 N–H and O–H groups in total. The molecule has 0 amide bonds. The lowest BCUT2D eigenvalue weighted by Gasteiger charge is -2.14. The van der Waals surface area contributed by atoms with Crippen molar-refractivity contribution >= 4 is 15.9 Å². The molecular formula is C15H18BrN3. The number of aryl methyl sites for hydroxylation is 2. The molecule has 3 nitrogen and oxygen atoms in total. The van der Waals surface area contributed by atoms with E-state index in [2.05, 4.69) is 57.5 Å². The predicted molar refractivity (Wildman–Crippen MR) is 81.1 cm³/mol. The lowest BCUT2D eigenvalue weighted by molar-refractivity contribution is 0.574. The summed E-state index contributed by atoms with van der Waals surface area (Å²) in [5.41, 5.74) is 4.93. The van der Waals surface area contributed by atoms with Crippen LogP contribution in [0.5, 0.6) is 0 Å². The zero-order chi connectivity index (χ0) is 13.4. The summed E-state index contributed by atoms with van der Waals surface area (Å²) in [5, 5.41) is 8.20. The largest absolute Gasteiger partial charge is 0.309 e. The monoisotopic (exact) mass is 319 g/mol. The highest BCUT2D eigenvalue weighted by atomic mass is 79.9. The van der Waals surface area contributed by atoms with Gasteiger partial charge in [-0.15, -0.1) is 0 Å². The van der Waals surface area contributed by atoms with Crippen LogP contribution in [0, 0.1) is 6.92 Å². The van der Waals surface area contributed by atoms with Gasteiger partial charge in [0.2, 0.25) is 0 Å². The molecule has 1 saturated heterocycles. The second-order valence-corrected chi connectivity index (χ2v) is 6.04. The summed E-state index contributed by atoms with van der Waals surface area (Å²) in [7, 11) is 2.05. The molecule has 0 bridgehead atoms. The van der Waals surface area contributed by atoms with Crippen molar-refractivity contribution in [3.63, 3.8) is 0 Å². The van der Waals surface area contributed by atoms with E-state index in [1.807, 2.05) is 11.7 Å². The zero-order valence-corrected chi connectivity index (χ0v) is 12.9. The van der Waals surface area contributed by atoms with Gasteiger partial charge in [0.15, 0.2) is 0 Å².